The summed E-state index contributed by atoms with van der Waals surface area (Å²) in [6.45, 7) is 4.81. The molecule has 0 aromatic heterocycles. The highest BCUT2D eigenvalue weighted by Crippen LogP contribution is 2.09. The van der Waals surface area contributed by atoms with E-state index in [1.165, 1.54) is 77.0 Å². The number of hydrogen-bond donors (Lipinski definition) is 0. The average Bonchev–Trinajstić information content (AvgIpc) is 2.51. The molecule has 0 atom stereocenters. The molecule has 22 heavy (non-hydrogen) atoms. The molecule has 2 heteroatoms. The van der Waals surface area contributed by atoms with E-state index >= 15 is 0 Å². The molecule has 0 aromatic carbocycles. The molecule has 0 radical (unpaired) electrons. The van der Waals surface area contributed by atoms with Crippen molar-refractivity contribution in [3.8, 4) is 0 Å². The molecule has 0 aliphatic heterocycles. The van der Waals surface area contributed by atoms with Crippen molar-refractivity contribution >= 4 is 5.90 Å². The topological polar surface area (TPSA) is 35.4 Å². The molecule has 2 nitrogen and oxygen atoms in total. The van der Waals surface area contributed by atoms with Crippen molar-refractivity contribution in [3.63, 3.8) is 0 Å². The molecule has 0 bridgehead atoms. The Kier molecular flexibility index (Phi) is 17.6. The summed E-state index contributed by atoms with van der Waals surface area (Å²) in [5.41, 5.74) is 0. The number of hydrogen-bond acceptors (Lipinski definition) is 2. The van der Waals surface area contributed by atoms with E-state index in [1.807, 2.05) is 6.92 Å². The minimum Gasteiger partial charge on any atom is -0.862 e. The zero-order valence-electron chi connectivity index (χ0n) is 15.1. The second-order valence-corrected chi connectivity index (χ2v) is 6.20. The van der Waals surface area contributed by atoms with E-state index in [9.17, 15) is 5.11 Å². The molecule has 0 amide bonds. The summed E-state index contributed by atoms with van der Waals surface area (Å²) in [5, 5.41) is 11.2. The molecule has 0 saturated carbocycles. The molecular weight excluding hydrogens is 270 g/mol. The van der Waals surface area contributed by atoms with Gasteiger partial charge in [0.15, 0.2) is 0 Å². The second kappa shape index (κ2) is 18.3. The van der Waals surface area contributed by atoms with Crippen LogP contribution in [0.5, 0.6) is 0 Å². The van der Waals surface area contributed by atoms with E-state index in [0.29, 0.717) is 13.0 Å². The number of allylic oxidation sites excluding steroid dienone is 2. The fraction of sp³-hybridized carbons (Fsp3) is 0.850. The maximum absolute atomic E-state index is 11.2. The Bertz CT molecular complexity index is 271. The lowest BCUT2D eigenvalue weighted by Crippen LogP contribution is -2.17. The van der Waals surface area contributed by atoms with E-state index in [0.717, 1.165) is 6.42 Å². The van der Waals surface area contributed by atoms with Crippen molar-refractivity contribution in [2.45, 2.75) is 104 Å². The summed E-state index contributed by atoms with van der Waals surface area (Å²) in [7, 11) is 0. The molecule has 0 aromatic rings. The maximum atomic E-state index is 11.2. The summed E-state index contributed by atoms with van der Waals surface area (Å²) in [6, 6.07) is 0. The maximum Gasteiger partial charge on any atom is 0.0349 e. The van der Waals surface area contributed by atoms with E-state index in [2.05, 4.69) is 24.1 Å². The van der Waals surface area contributed by atoms with Gasteiger partial charge in [-0.3, -0.25) is 0 Å². The third-order valence-electron chi connectivity index (χ3n) is 3.99. The molecule has 0 spiro atoms. The van der Waals surface area contributed by atoms with Crippen LogP contribution < -0.4 is 5.11 Å². The standard InChI is InChI=1S/C20H39NO/c1-3-5-6-7-8-9-10-11-12-13-14-15-16-17-18-19-20(22)21-4-2/h11-12H,3-10,13-19H2,1-2H3,(H,21,22)/p-1/b12-11+. The Balaban J connectivity index is 3.16. The van der Waals surface area contributed by atoms with Gasteiger partial charge in [-0.15, -0.1) is 0 Å². The lowest BCUT2D eigenvalue weighted by molar-refractivity contribution is -0.219. The number of rotatable bonds is 16. The quantitative estimate of drug-likeness (QED) is 0.153. The highest BCUT2D eigenvalue weighted by molar-refractivity contribution is 5.71. The van der Waals surface area contributed by atoms with Gasteiger partial charge in [0.2, 0.25) is 0 Å². The van der Waals surface area contributed by atoms with E-state index in [4.69, 9.17) is 0 Å². The predicted molar refractivity (Wildman–Crippen MR) is 97.4 cm³/mol. The Hall–Kier alpha value is -0.790. The van der Waals surface area contributed by atoms with Crippen LogP contribution in [0.3, 0.4) is 0 Å². The number of unbranched alkanes of at least 4 members (excludes halogenated alkanes) is 11. The smallest absolute Gasteiger partial charge is 0.0349 e. The predicted octanol–water partition coefficient (Wildman–Crippen LogP) is 5.80. The number of aliphatic imine (C=N–C) groups is 1. The van der Waals surface area contributed by atoms with Crippen LogP contribution in [0.25, 0.3) is 0 Å². The summed E-state index contributed by atoms with van der Waals surface area (Å²) in [4.78, 5) is 3.88. The van der Waals surface area contributed by atoms with Crippen LogP contribution in [-0.4, -0.2) is 12.4 Å². The first kappa shape index (κ1) is 21.2. The van der Waals surface area contributed by atoms with Gasteiger partial charge in [-0.05, 0) is 51.3 Å². The van der Waals surface area contributed by atoms with Gasteiger partial charge in [0.05, 0.1) is 0 Å². The van der Waals surface area contributed by atoms with Crippen molar-refractivity contribution in [1.29, 1.82) is 0 Å². The van der Waals surface area contributed by atoms with Crippen LogP contribution in [0.1, 0.15) is 104 Å². The molecule has 0 N–H and O–H groups in total. The lowest BCUT2D eigenvalue weighted by atomic mass is 10.1. The Morgan fingerprint density at radius 3 is 1.77 bits per heavy atom. The second-order valence-electron chi connectivity index (χ2n) is 6.20. The third-order valence-corrected chi connectivity index (χ3v) is 3.99. The molecule has 0 heterocycles. The first-order valence-corrected chi connectivity index (χ1v) is 9.66. The Morgan fingerprint density at radius 2 is 1.23 bits per heavy atom. The lowest BCUT2D eigenvalue weighted by Gasteiger charge is -2.09. The van der Waals surface area contributed by atoms with Crippen LogP contribution in [0.4, 0.5) is 0 Å². The van der Waals surface area contributed by atoms with Crippen LogP contribution >= 0.6 is 0 Å². The van der Waals surface area contributed by atoms with Gasteiger partial charge in [-0.25, -0.2) is 0 Å². The third kappa shape index (κ3) is 17.3. The van der Waals surface area contributed by atoms with Crippen molar-refractivity contribution < 1.29 is 5.11 Å². The zero-order chi connectivity index (χ0) is 16.3. The van der Waals surface area contributed by atoms with E-state index < -0.39 is 0 Å². The van der Waals surface area contributed by atoms with Gasteiger partial charge in [0.1, 0.15) is 0 Å². The number of nitrogens with zero attached hydrogens (tertiary/aromatic N) is 1. The molecule has 0 rings (SSSR count). The monoisotopic (exact) mass is 308 g/mol. The van der Waals surface area contributed by atoms with Gasteiger partial charge >= 0.3 is 0 Å². The molecule has 0 saturated heterocycles. The molecule has 0 aliphatic rings. The van der Waals surface area contributed by atoms with Gasteiger partial charge in [0, 0.05) is 6.54 Å². The van der Waals surface area contributed by atoms with Crippen molar-refractivity contribution in [2.24, 2.45) is 4.99 Å². The normalized spacial score (nSPS) is 12.4. The van der Waals surface area contributed by atoms with Crippen LogP contribution in [-0.2, 0) is 0 Å². The Labute approximate surface area is 139 Å². The molecule has 0 fully saturated rings. The first-order valence-electron chi connectivity index (χ1n) is 9.66. The molecule has 0 unspecified atom stereocenters. The van der Waals surface area contributed by atoms with Crippen LogP contribution in [0, 0.1) is 0 Å². The van der Waals surface area contributed by atoms with Crippen LogP contribution in [0.15, 0.2) is 17.1 Å². The zero-order valence-corrected chi connectivity index (χ0v) is 15.1. The summed E-state index contributed by atoms with van der Waals surface area (Å²) in [5.74, 6) is 0.0835. The molecule has 130 valence electrons. The van der Waals surface area contributed by atoms with Gasteiger partial charge in [0.25, 0.3) is 0 Å². The van der Waals surface area contributed by atoms with Gasteiger partial charge in [-0.2, -0.15) is 0 Å². The average molecular weight is 309 g/mol. The fourth-order valence-corrected chi connectivity index (χ4v) is 2.60. The van der Waals surface area contributed by atoms with E-state index in [1.54, 1.807) is 0 Å². The highest BCUT2D eigenvalue weighted by atomic mass is 16.3. The minimum atomic E-state index is 0.0835. The largest absolute Gasteiger partial charge is 0.862 e. The minimum absolute atomic E-state index is 0.0835. The summed E-state index contributed by atoms with van der Waals surface area (Å²) in [6.07, 6.45) is 22.2. The van der Waals surface area contributed by atoms with Crippen molar-refractivity contribution in [2.75, 3.05) is 6.54 Å². The highest BCUT2D eigenvalue weighted by Gasteiger charge is 1.91. The first-order chi connectivity index (χ1) is 10.8. The molecule has 0 aliphatic carbocycles. The summed E-state index contributed by atoms with van der Waals surface area (Å²) >= 11 is 0. The van der Waals surface area contributed by atoms with E-state index in [-0.39, 0.29) is 5.90 Å². The fourth-order valence-electron chi connectivity index (χ4n) is 2.60. The van der Waals surface area contributed by atoms with Crippen LogP contribution in [0.2, 0.25) is 0 Å². The van der Waals surface area contributed by atoms with Crippen molar-refractivity contribution in [3.05, 3.63) is 12.2 Å². The van der Waals surface area contributed by atoms with Crippen molar-refractivity contribution in [1.82, 2.24) is 0 Å². The summed E-state index contributed by atoms with van der Waals surface area (Å²) < 4.78 is 0. The SMILES string of the molecule is CCCCCCCC/C=C/CCCCCCCC([O-])=NCC. The molecular formula is C20H38NO-. The Morgan fingerprint density at radius 1 is 0.727 bits per heavy atom. The van der Waals surface area contributed by atoms with Gasteiger partial charge < -0.3 is 10.1 Å². The van der Waals surface area contributed by atoms with Gasteiger partial charge in [-0.1, -0.05) is 70.4 Å².